The van der Waals surface area contributed by atoms with Crippen LogP contribution < -0.4 is 10.2 Å². The van der Waals surface area contributed by atoms with Crippen LogP contribution >= 0.6 is 0 Å². The number of benzene rings is 1. The molecule has 1 atom stereocenters. The number of para-hydroxylation sites is 1. The SMILES string of the molecule is Cc1noc2ncc(-c3nnc(N4CCC5(C4)C(=O)Nc4ccccc45)n3CC(C)C)cc12. The monoisotopic (exact) mass is 443 g/mol. The maximum absolute atomic E-state index is 13.0. The van der Waals surface area contributed by atoms with Crippen molar-refractivity contribution in [3.8, 4) is 11.4 Å². The summed E-state index contributed by atoms with van der Waals surface area (Å²) in [5.41, 5.74) is 3.61. The van der Waals surface area contributed by atoms with E-state index < -0.39 is 5.41 Å². The molecule has 2 aliphatic heterocycles. The van der Waals surface area contributed by atoms with Crippen LogP contribution in [-0.2, 0) is 16.8 Å². The average Bonchev–Trinajstić information content (AvgIpc) is 3.56. The van der Waals surface area contributed by atoms with Gasteiger partial charge < -0.3 is 14.7 Å². The van der Waals surface area contributed by atoms with Crippen molar-refractivity contribution < 1.29 is 9.32 Å². The lowest BCUT2D eigenvalue weighted by atomic mass is 9.81. The number of rotatable bonds is 4. The van der Waals surface area contributed by atoms with Crippen molar-refractivity contribution in [2.75, 3.05) is 23.3 Å². The van der Waals surface area contributed by atoms with Crippen LogP contribution in [-0.4, -0.2) is 43.9 Å². The van der Waals surface area contributed by atoms with Gasteiger partial charge in [-0.25, -0.2) is 4.98 Å². The largest absolute Gasteiger partial charge is 0.339 e. The molecule has 33 heavy (non-hydrogen) atoms. The molecule has 9 heteroatoms. The molecule has 4 aromatic rings. The van der Waals surface area contributed by atoms with Gasteiger partial charge in [-0.15, -0.1) is 10.2 Å². The average molecular weight is 444 g/mol. The minimum atomic E-state index is -0.550. The zero-order valence-corrected chi connectivity index (χ0v) is 18.9. The van der Waals surface area contributed by atoms with E-state index >= 15 is 0 Å². The van der Waals surface area contributed by atoms with Crippen LogP contribution in [0.4, 0.5) is 11.6 Å². The summed E-state index contributed by atoms with van der Waals surface area (Å²) in [5.74, 6) is 2.00. The predicted octanol–water partition coefficient (Wildman–Crippen LogP) is 3.55. The van der Waals surface area contributed by atoms with Crippen LogP contribution in [0.15, 0.2) is 41.1 Å². The molecule has 1 N–H and O–H groups in total. The normalized spacial score (nSPS) is 19.8. The first-order chi connectivity index (χ1) is 16.0. The third-order valence-electron chi connectivity index (χ3n) is 6.72. The lowest BCUT2D eigenvalue weighted by molar-refractivity contribution is -0.120. The lowest BCUT2D eigenvalue weighted by Gasteiger charge is -2.24. The van der Waals surface area contributed by atoms with Crippen LogP contribution in [0.2, 0.25) is 0 Å². The zero-order valence-electron chi connectivity index (χ0n) is 18.9. The lowest BCUT2D eigenvalue weighted by Crippen LogP contribution is -2.38. The molecule has 3 aromatic heterocycles. The van der Waals surface area contributed by atoms with E-state index in [0.717, 1.165) is 59.2 Å². The summed E-state index contributed by atoms with van der Waals surface area (Å²) in [6, 6.07) is 9.99. The van der Waals surface area contributed by atoms with Gasteiger partial charge in [0.05, 0.1) is 16.5 Å². The zero-order chi connectivity index (χ0) is 22.7. The highest BCUT2D eigenvalue weighted by Gasteiger charge is 2.51. The molecule has 0 aliphatic carbocycles. The second-order valence-electron chi connectivity index (χ2n) is 9.43. The minimum absolute atomic E-state index is 0.0685. The Morgan fingerprint density at radius 1 is 1.24 bits per heavy atom. The van der Waals surface area contributed by atoms with E-state index in [1.807, 2.05) is 31.2 Å². The van der Waals surface area contributed by atoms with Crippen molar-refractivity contribution in [1.82, 2.24) is 24.9 Å². The Hall–Kier alpha value is -3.75. The molecule has 6 rings (SSSR count). The van der Waals surface area contributed by atoms with Crippen molar-refractivity contribution in [2.45, 2.75) is 39.2 Å². The molecule has 1 unspecified atom stereocenters. The molecule has 9 nitrogen and oxygen atoms in total. The predicted molar refractivity (Wildman–Crippen MR) is 124 cm³/mol. The Morgan fingerprint density at radius 2 is 2.09 bits per heavy atom. The van der Waals surface area contributed by atoms with Crippen LogP contribution in [0.25, 0.3) is 22.5 Å². The number of fused-ring (bicyclic) bond motifs is 3. The highest BCUT2D eigenvalue weighted by molar-refractivity contribution is 6.07. The molecule has 0 saturated carbocycles. The topological polar surface area (TPSA) is 102 Å². The van der Waals surface area contributed by atoms with Gasteiger partial charge in [0.2, 0.25) is 11.9 Å². The van der Waals surface area contributed by atoms with Crippen LogP contribution in [0.5, 0.6) is 0 Å². The number of aryl methyl sites for hydroxylation is 1. The van der Waals surface area contributed by atoms with E-state index in [1.165, 1.54) is 0 Å². The number of anilines is 2. The second kappa shape index (κ2) is 7.13. The quantitative estimate of drug-likeness (QED) is 0.515. The van der Waals surface area contributed by atoms with E-state index in [1.54, 1.807) is 6.20 Å². The van der Waals surface area contributed by atoms with Gasteiger partial charge >= 0.3 is 0 Å². The molecule has 0 radical (unpaired) electrons. The molecule has 0 bridgehead atoms. The third-order valence-corrected chi connectivity index (χ3v) is 6.72. The number of pyridine rings is 1. The van der Waals surface area contributed by atoms with E-state index in [9.17, 15) is 4.79 Å². The number of hydrogen-bond donors (Lipinski definition) is 1. The second-order valence-corrected chi connectivity index (χ2v) is 9.43. The molecular formula is C24H25N7O2. The molecule has 168 valence electrons. The van der Waals surface area contributed by atoms with Crippen LogP contribution in [0.1, 0.15) is 31.5 Å². The van der Waals surface area contributed by atoms with E-state index in [-0.39, 0.29) is 5.91 Å². The fourth-order valence-electron chi connectivity index (χ4n) is 5.10. The maximum Gasteiger partial charge on any atom is 0.257 e. The molecular weight excluding hydrogens is 418 g/mol. The smallest absolute Gasteiger partial charge is 0.257 e. The van der Waals surface area contributed by atoms with E-state index in [0.29, 0.717) is 18.2 Å². The molecule has 1 aromatic carbocycles. The summed E-state index contributed by atoms with van der Waals surface area (Å²) >= 11 is 0. The van der Waals surface area contributed by atoms with Gasteiger partial charge in [-0.2, -0.15) is 0 Å². The fourth-order valence-corrected chi connectivity index (χ4v) is 5.10. The maximum atomic E-state index is 13.0. The summed E-state index contributed by atoms with van der Waals surface area (Å²) in [6.45, 7) is 8.31. The molecule has 5 heterocycles. The van der Waals surface area contributed by atoms with Gasteiger partial charge in [0.25, 0.3) is 5.71 Å². The van der Waals surface area contributed by atoms with Gasteiger partial charge in [-0.3, -0.25) is 9.36 Å². The van der Waals surface area contributed by atoms with Crippen molar-refractivity contribution >= 4 is 28.6 Å². The number of nitrogens with zero attached hydrogens (tertiary/aromatic N) is 6. The number of carbonyl (C=O) groups excluding carboxylic acids is 1. The Kier molecular flexibility index (Phi) is 4.30. The first kappa shape index (κ1) is 19.9. The van der Waals surface area contributed by atoms with Gasteiger partial charge in [-0.05, 0) is 37.0 Å². The standard InChI is InChI=1S/C24H25N7O2/c1-14(2)12-31-20(16-10-17-15(3)29-33-21(17)25-11-16)27-28-23(31)30-9-8-24(13-30)18-6-4-5-7-19(18)26-22(24)32/h4-7,10-11,14H,8-9,12-13H2,1-3H3,(H,26,32). The molecule has 2 aliphatic rings. The Labute approximate surface area is 190 Å². The minimum Gasteiger partial charge on any atom is -0.339 e. The molecule has 1 saturated heterocycles. The van der Waals surface area contributed by atoms with E-state index in [2.05, 4.69) is 55.0 Å². The van der Waals surface area contributed by atoms with Gasteiger partial charge in [0.15, 0.2) is 5.82 Å². The third kappa shape index (κ3) is 2.95. The summed E-state index contributed by atoms with van der Waals surface area (Å²) in [7, 11) is 0. The van der Waals surface area contributed by atoms with Gasteiger partial charge in [-0.1, -0.05) is 37.2 Å². The van der Waals surface area contributed by atoms with Crippen molar-refractivity contribution in [3.05, 3.63) is 47.8 Å². The first-order valence-electron chi connectivity index (χ1n) is 11.3. The highest BCUT2D eigenvalue weighted by Crippen LogP contribution is 2.45. The number of amides is 1. The first-order valence-corrected chi connectivity index (χ1v) is 11.3. The summed E-state index contributed by atoms with van der Waals surface area (Å²) < 4.78 is 7.41. The summed E-state index contributed by atoms with van der Waals surface area (Å²) in [4.78, 5) is 19.7. The highest BCUT2D eigenvalue weighted by atomic mass is 16.5. The van der Waals surface area contributed by atoms with Crippen molar-refractivity contribution in [2.24, 2.45) is 5.92 Å². The molecule has 1 fully saturated rings. The van der Waals surface area contributed by atoms with Crippen molar-refractivity contribution in [1.29, 1.82) is 0 Å². The van der Waals surface area contributed by atoms with Crippen LogP contribution in [0.3, 0.4) is 0 Å². The van der Waals surface area contributed by atoms with E-state index in [4.69, 9.17) is 4.52 Å². The number of aromatic nitrogens is 5. The summed E-state index contributed by atoms with van der Waals surface area (Å²) in [5, 5.41) is 17.1. The van der Waals surface area contributed by atoms with Gasteiger partial charge in [0, 0.05) is 37.1 Å². The Morgan fingerprint density at radius 3 is 2.94 bits per heavy atom. The summed E-state index contributed by atoms with van der Waals surface area (Å²) in [6.07, 6.45) is 2.50. The van der Waals surface area contributed by atoms with Gasteiger partial charge in [0.1, 0.15) is 0 Å². The fraction of sp³-hybridized carbons (Fsp3) is 0.375. The molecule has 1 spiro atoms. The van der Waals surface area contributed by atoms with Crippen LogP contribution in [0, 0.1) is 12.8 Å². The number of nitrogens with one attached hydrogen (secondary N) is 1. The Bertz CT molecular complexity index is 1390. The molecule has 1 amide bonds. The Balaban J connectivity index is 1.40. The van der Waals surface area contributed by atoms with Crippen molar-refractivity contribution in [3.63, 3.8) is 0 Å². The number of carbonyl (C=O) groups is 1. The number of hydrogen-bond acceptors (Lipinski definition) is 7.